The highest BCUT2D eigenvalue weighted by molar-refractivity contribution is 6.34. The van der Waals surface area contributed by atoms with Crippen LogP contribution in [0.2, 0.25) is 5.02 Å². The number of halogens is 1. The number of rotatable bonds is 3. The second-order valence-corrected chi connectivity index (χ2v) is 6.32. The van der Waals surface area contributed by atoms with Crippen molar-refractivity contribution < 1.29 is 14.3 Å². The number of carbonyl (C=O) groups excluding carboxylic acids is 2. The number of hydrogen-bond donors (Lipinski definition) is 2. The number of anilines is 2. The van der Waals surface area contributed by atoms with Gasteiger partial charge in [-0.2, -0.15) is 0 Å². The summed E-state index contributed by atoms with van der Waals surface area (Å²) < 4.78 is 5.33. The largest absolute Gasteiger partial charge is 0.482 e. The van der Waals surface area contributed by atoms with Crippen molar-refractivity contribution in [3.8, 4) is 5.75 Å². The summed E-state index contributed by atoms with van der Waals surface area (Å²) in [6.07, 6.45) is 9.62. The summed E-state index contributed by atoms with van der Waals surface area (Å²) in [5, 5.41) is 5.79. The first-order chi connectivity index (χ1) is 11.1. The lowest BCUT2D eigenvalue weighted by Crippen LogP contribution is -2.25. The summed E-state index contributed by atoms with van der Waals surface area (Å²) in [6.45, 7) is -0.0381. The number of ether oxygens (including phenoxy) is 1. The Kier molecular flexibility index (Phi) is 4.86. The van der Waals surface area contributed by atoms with Crippen LogP contribution in [0.5, 0.6) is 5.75 Å². The monoisotopic (exact) mass is 334 g/mol. The summed E-state index contributed by atoms with van der Waals surface area (Å²) in [5.41, 5.74) is 0.988. The first-order valence-corrected chi connectivity index (χ1v) is 8.25. The third-order valence-electron chi connectivity index (χ3n) is 4.13. The predicted molar refractivity (Wildman–Crippen MR) is 89.9 cm³/mol. The second kappa shape index (κ2) is 7.04. The molecule has 0 spiro atoms. The molecule has 3 rings (SSSR count). The molecule has 1 aliphatic heterocycles. The van der Waals surface area contributed by atoms with Crippen LogP contribution in [0.3, 0.4) is 0 Å². The van der Waals surface area contributed by atoms with E-state index in [9.17, 15) is 9.59 Å². The predicted octanol–water partition coefficient (Wildman–Crippen LogP) is 3.75. The Labute approximate surface area is 140 Å². The van der Waals surface area contributed by atoms with Crippen LogP contribution in [-0.4, -0.2) is 18.4 Å². The lowest BCUT2D eigenvalue weighted by molar-refractivity contribution is -0.118. The maximum absolute atomic E-state index is 12.1. The molecule has 23 heavy (non-hydrogen) atoms. The molecular formula is C17H19ClN2O3. The molecule has 122 valence electrons. The molecule has 0 radical (unpaired) electrons. The van der Waals surface area contributed by atoms with Crippen LogP contribution in [0.15, 0.2) is 24.3 Å². The Morgan fingerprint density at radius 3 is 2.87 bits per heavy atom. The smallest absolute Gasteiger partial charge is 0.262 e. The molecule has 1 saturated carbocycles. The number of nitrogens with one attached hydrogen (secondary N) is 2. The standard InChI is InChI=1S/C17H19ClN2O3/c18-12-8-14-15(23-10-17(22)20-14)9-13(12)19-16(21)7-6-11-4-2-1-3-5-11/h6-9,11H,1-5,10H2,(H,19,21)(H,20,22)/b7-6-. The van der Waals surface area contributed by atoms with Crippen molar-refractivity contribution in [2.45, 2.75) is 32.1 Å². The molecule has 2 aliphatic rings. The van der Waals surface area contributed by atoms with Gasteiger partial charge >= 0.3 is 0 Å². The number of carbonyl (C=O) groups is 2. The summed E-state index contributed by atoms with van der Waals surface area (Å²) in [6, 6.07) is 3.21. The zero-order chi connectivity index (χ0) is 16.2. The molecule has 1 heterocycles. The second-order valence-electron chi connectivity index (χ2n) is 5.91. The Balaban J connectivity index is 1.66. The Hall–Kier alpha value is -2.01. The summed E-state index contributed by atoms with van der Waals surface area (Å²) in [5.74, 6) is 0.561. The van der Waals surface area contributed by atoms with E-state index < -0.39 is 0 Å². The average Bonchev–Trinajstić information content (AvgIpc) is 2.55. The van der Waals surface area contributed by atoms with Gasteiger partial charge in [-0.1, -0.05) is 36.9 Å². The number of hydrogen-bond acceptors (Lipinski definition) is 3. The van der Waals surface area contributed by atoms with Crippen molar-refractivity contribution >= 4 is 34.8 Å². The van der Waals surface area contributed by atoms with Crippen molar-refractivity contribution in [3.63, 3.8) is 0 Å². The lowest BCUT2D eigenvalue weighted by Gasteiger charge is -2.19. The molecule has 0 bridgehead atoms. The van der Waals surface area contributed by atoms with Gasteiger partial charge in [0.1, 0.15) is 5.75 Å². The van der Waals surface area contributed by atoms with Gasteiger partial charge in [0.2, 0.25) is 5.91 Å². The minimum absolute atomic E-state index is 0.0381. The normalized spacial score (nSPS) is 18.2. The van der Waals surface area contributed by atoms with E-state index >= 15 is 0 Å². The molecule has 0 saturated heterocycles. The van der Waals surface area contributed by atoms with Crippen LogP contribution in [0, 0.1) is 5.92 Å². The summed E-state index contributed by atoms with van der Waals surface area (Å²) >= 11 is 6.16. The minimum Gasteiger partial charge on any atom is -0.482 e. The SMILES string of the molecule is O=C(/C=C\C1CCCCC1)Nc1cc2c(cc1Cl)NC(=O)CO2. The van der Waals surface area contributed by atoms with Gasteiger partial charge in [-0.25, -0.2) is 0 Å². The van der Waals surface area contributed by atoms with Crippen molar-refractivity contribution in [3.05, 3.63) is 29.3 Å². The highest BCUT2D eigenvalue weighted by Gasteiger charge is 2.18. The molecule has 0 unspecified atom stereocenters. The van der Waals surface area contributed by atoms with Gasteiger partial charge in [0, 0.05) is 6.07 Å². The zero-order valence-corrected chi connectivity index (χ0v) is 13.5. The Morgan fingerprint density at radius 1 is 1.30 bits per heavy atom. The van der Waals surface area contributed by atoms with Crippen LogP contribution < -0.4 is 15.4 Å². The lowest BCUT2D eigenvalue weighted by atomic mass is 9.89. The fourth-order valence-electron chi connectivity index (χ4n) is 2.92. The van der Waals surface area contributed by atoms with E-state index in [4.69, 9.17) is 16.3 Å². The molecule has 2 amide bonds. The van der Waals surface area contributed by atoms with Gasteiger partial charge in [-0.15, -0.1) is 0 Å². The van der Waals surface area contributed by atoms with E-state index in [1.165, 1.54) is 19.3 Å². The third kappa shape index (κ3) is 4.05. The zero-order valence-electron chi connectivity index (χ0n) is 12.7. The van der Waals surface area contributed by atoms with Crippen LogP contribution in [0.25, 0.3) is 0 Å². The van der Waals surface area contributed by atoms with Crippen LogP contribution in [0.4, 0.5) is 11.4 Å². The van der Waals surface area contributed by atoms with E-state index in [2.05, 4.69) is 10.6 Å². The Bertz CT molecular complexity index is 651. The van der Waals surface area contributed by atoms with Crippen LogP contribution in [0.1, 0.15) is 32.1 Å². The van der Waals surface area contributed by atoms with Crippen LogP contribution in [-0.2, 0) is 9.59 Å². The van der Waals surface area contributed by atoms with Gasteiger partial charge in [0.25, 0.3) is 5.91 Å². The number of allylic oxidation sites excluding steroid dienone is 1. The van der Waals surface area contributed by atoms with Gasteiger partial charge < -0.3 is 15.4 Å². The molecule has 0 aromatic heterocycles. The molecule has 5 nitrogen and oxygen atoms in total. The topological polar surface area (TPSA) is 67.4 Å². The van der Waals surface area contributed by atoms with Crippen molar-refractivity contribution in [2.24, 2.45) is 5.92 Å². The Morgan fingerprint density at radius 2 is 2.09 bits per heavy atom. The molecule has 2 N–H and O–H groups in total. The van der Waals surface area contributed by atoms with Crippen molar-refractivity contribution in [1.29, 1.82) is 0 Å². The summed E-state index contributed by atoms with van der Waals surface area (Å²) in [4.78, 5) is 23.3. The fourth-order valence-corrected chi connectivity index (χ4v) is 3.13. The first-order valence-electron chi connectivity index (χ1n) is 7.87. The number of fused-ring (bicyclic) bond motifs is 1. The maximum Gasteiger partial charge on any atom is 0.262 e. The maximum atomic E-state index is 12.1. The molecule has 0 atom stereocenters. The van der Waals surface area contributed by atoms with Gasteiger partial charge in [-0.3, -0.25) is 9.59 Å². The molecule has 1 fully saturated rings. The van der Waals surface area contributed by atoms with Crippen molar-refractivity contribution in [2.75, 3.05) is 17.2 Å². The van der Waals surface area contributed by atoms with Gasteiger partial charge in [0.15, 0.2) is 6.61 Å². The van der Waals surface area contributed by atoms with E-state index in [0.29, 0.717) is 28.1 Å². The number of benzene rings is 1. The molecule has 6 heteroatoms. The number of amides is 2. The van der Waals surface area contributed by atoms with Crippen molar-refractivity contribution in [1.82, 2.24) is 0 Å². The quantitative estimate of drug-likeness (QED) is 0.827. The highest BCUT2D eigenvalue weighted by atomic mass is 35.5. The van der Waals surface area contributed by atoms with E-state index in [1.54, 1.807) is 18.2 Å². The molecule has 1 aromatic rings. The van der Waals surface area contributed by atoms with E-state index in [0.717, 1.165) is 12.8 Å². The van der Waals surface area contributed by atoms with Gasteiger partial charge in [-0.05, 0) is 30.9 Å². The average molecular weight is 335 g/mol. The van der Waals surface area contributed by atoms with Crippen LogP contribution >= 0.6 is 11.6 Å². The molecule has 1 aromatic carbocycles. The molecular weight excluding hydrogens is 316 g/mol. The summed E-state index contributed by atoms with van der Waals surface area (Å²) in [7, 11) is 0. The first kappa shape index (κ1) is 15.9. The van der Waals surface area contributed by atoms with E-state index in [-0.39, 0.29) is 18.4 Å². The molecule has 1 aliphatic carbocycles. The minimum atomic E-state index is -0.222. The fraction of sp³-hybridized carbons (Fsp3) is 0.412. The highest BCUT2D eigenvalue weighted by Crippen LogP contribution is 2.36. The van der Waals surface area contributed by atoms with Gasteiger partial charge in [0.05, 0.1) is 16.4 Å². The third-order valence-corrected chi connectivity index (χ3v) is 4.44. The van der Waals surface area contributed by atoms with E-state index in [1.807, 2.05) is 6.08 Å².